The van der Waals surface area contributed by atoms with E-state index in [0.717, 1.165) is 11.4 Å². The molecule has 3 heterocycles. The topological polar surface area (TPSA) is 118 Å². The van der Waals surface area contributed by atoms with Crippen LogP contribution in [0.5, 0.6) is 0 Å². The van der Waals surface area contributed by atoms with Gasteiger partial charge in [0.05, 0.1) is 35.5 Å². The first-order valence-corrected chi connectivity index (χ1v) is 7.22. The molecule has 3 aromatic heterocycles. The molecular formula is C14H13N8P. The van der Waals surface area contributed by atoms with Gasteiger partial charge >= 0.3 is 0 Å². The van der Waals surface area contributed by atoms with Crippen molar-refractivity contribution in [3.05, 3.63) is 42.0 Å². The Morgan fingerprint density at radius 3 is 2.74 bits per heavy atom. The Morgan fingerprint density at radius 1 is 1.30 bits per heavy atom. The Labute approximate surface area is 134 Å². The highest BCUT2D eigenvalue weighted by molar-refractivity contribution is 7.28. The summed E-state index contributed by atoms with van der Waals surface area (Å²) < 4.78 is 0. The first kappa shape index (κ1) is 14.9. The monoisotopic (exact) mass is 324 g/mol. The average molecular weight is 324 g/mol. The lowest BCUT2D eigenvalue weighted by molar-refractivity contribution is 0.742. The molecule has 1 atom stereocenters. The largest absolute Gasteiger partial charge is 0.383 e. The van der Waals surface area contributed by atoms with Gasteiger partial charge in [0.1, 0.15) is 17.6 Å². The Balaban J connectivity index is 2.00. The van der Waals surface area contributed by atoms with Crippen LogP contribution in [0.3, 0.4) is 0 Å². The molecule has 0 saturated carbocycles. The van der Waals surface area contributed by atoms with E-state index in [1.807, 2.05) is 13.0 Å². The number of hydrogen-bond acceptors (Lipinski definition) is 7. The van der Waals surface area contributed by atoms with E-state index >= 15 is 0 Å². The number of nitrogen functional groups attached to an aromatic ring is 1. The molecule has 0 fully saturated rings. The minimum Gasteiger partial charge on any atom is -0.383 e. The quantitative estimate of drug-likeness (QED) is 0.692. The van der Waals surface area contributed by atoms with Crippen LogP contribution in [-0.2, 0) is 0 Å². The molecular weight excluding hydrogens is 311 g/mol. The Kier molecular flexibility index (Phi) is 3.87. The molecule has 9 heteroatoms. The van der Waals surface area contributed by atoms with Crippen LogP contribution in [0.15, 0.2) is 30.7 Å². The lowest BCUT2D eigenvalue weighted by atomic mass is 10.2. The summed E-state index contributed by atoms with van der Waals surface area (Å²) in [5.74, 6) is 0.715. The average Bonchev–Trinajstić information content (AvgIpc) is 3.06. The predicted octanol–water partition coefficient (Wildman–Crippen LogP) is 1.06. The van der Waals surface area contributed by atoms with E-state index in [4.69, 9.17) is 5.73 Å². The molecule has 0 amide bonds. The minimum absolute atomic E-state index is 0.338. The zero-order valence-corrected chi connectivity index (χ0v) is 13.4. The van der Waals surface area contributed by atoms with Crippen molar-refractivity contribution in [3.63, 3.8) is 0 Å². The van der Waals surface area contributed by atoms with Crippen molar-refractivity contribution in [2.45, 2.75) is 6.92 Å². The van der Waals surface area contributed by atoms with Crippen molar-refractivity contribution in [2.24, 2.45) is 0 Å². The fourth-order valence-electron chi connectivity index (χ4n) is 1.99. The van der Waals surface area contributed by atoms with Crippen molar-refractivity contribution < 1.29 is 0 Å². The van der Waals surface area contributed by atoms with E-state index in [2.05, 4.69) is 40.8 Å². The number of nitriles is 1. The standard InChI is InChI=1S/C14H13N8P/c1-8-11(22-18-2-3-19-22)5-10(7-17-8)20-14-9(6-15)4-12(23)13(16)21-14/h2-5,7H,23H2,1H3,(H3,16,20,21). The van der Waals surface area contributed by atoms with Crippen molar-refractivity contribution in [1.29, 1.82) is 5.26 Å². The number of rotatable bonds is 3. The number of anilines is 3. The van der Waals surface area contributed by atoms with E-state index in [0.29, 0.717) is 28.2 Å². The molecule has 0 saturated heterocycles. The van der Waals surface area contributed by atoms with Gasteiger partial charge in [0.25, 0.3) is 0 Å². The van der Waals surface area contributed by atoms with Crippen LogP contribution >= 0.6 is 9.24 Å². The van der Waals surface area contributed by atoms with Crippen LogP contribution in [0, 0.1) is 18.3 Å². The Hall–Kier alpha value is -3.04. The van der Waals surface area contributed by atoms with Crippen LogP contribution in [0.4, 0.5) is 17.3 Å². The van der Waals surface area contributed by atoms with E-state index in [-0.39, 0.29) is 0 Å². The molecule has 114 valence electrons. The third-order valence-corrected chi connectivity index (χ3v) is 3.62. The summed E-state index contributed by atoms with van der Waals surface area (Å²) in [6.45, 7) is 1.86. The van der Waals surface area contributed by atoms with Gasteiger partial charge in [-0.25, -0.2) is 4.98 Å². The third-order valence-electron chi connectivity index (χ3n) is 3.16. The molecule has 3 rings (SSSR count). The molecule has 23 heavy (non-hydrogen) atoms. The summed E-state index contributed by atoms with van der Waals surface area (Å²) in [5.41, 5.74) is 8.36. The van der Waals surface area contributed by atoms with Crippen molar-refractivity contribution in [3.8, 4) is 11.8 Å². The zero-order chi connectivity index (χ0) is 16.4. The summed E-state index contributed by atoms with van der Waals surface area (Å²) >= 11 is 0. The van der Waals surface area contributed by atoms with Gasteiger partial charge in [-0.15, -0.1) is 14.0 Å². The van der Waals surface area contributed by atoms with Gasteiger partial charge in [-0.1, -0.05) is 0 Å². The molecule has 0 aliphatic rings. The molecule has 0 aliphatic carbocycles. The second kappa shape index (κ2) is 5.99. The number of pyridine rings is 2. The van der Waals surface area contributed by atoms with Gasteiger partial charge in [-0.2, -0.15) is 15.5 Å². The van der Waals surface area contributed by atoms with Gasteiger partial charge in [-0.05, 0) is 19.1 Å². The summed E-state index contributed by atoms with van der Waals surface area (Å²) in [4.78, 5) is 10.0. The highest BCUT2D eigenvalue weighted by Crippen LogP contribution is 2.22. The first-order valence-electron chi connectivity index (χ1n) is 6.65. The molecule has 8 nitrogen and oxygen atoms in total. The maximum absolute atomic E-state index is 9.24. The van der Waals surface area contributed by atoms with Crippen LogP contribution in [-0.4, -0.2) is 25.0 Å². The van der Waals surface area contributed by atoms with E-state index in [1.165, 1.54) is 4.80 Å². The maximum atomic E-state index is 9.24. The van der Waals surface area contributed by atoms with E-state index in [1.54, 1.807) is 24.7 Å². The lowest BCUT2D eigenvalue weighted by Gasteiger charge is -2.11. The molecule has 0 aliphatic heterocycles. The number of nitrogens with two attached hydrogens (primary N) is 1. The van der Waals surface area contributed by atoms with Crippen molar-refractivity contribution in [1.82, 2.24) is 25.0 Å². The first-order chi connectivity index (χ1) is 11.1. The molecule has 0 spiro atoms. The van der Waals surface area contributed by atoms with Crippen LogP contribution in [0.2, 0.25) is 0 Å². The van der Waals surface area contributed by atoms with E-state index in [9.17, 15) is 5.26 Å². The predicted molar refractivity (Wildman–Crippen MR) is 89.9 cm³/mol. The summed E-state index contributed by atoms with van der Waals surface area (Å²) in [6, 6.07) is 5.58. The second-order valence-electron chi connectivity index (χ2n) is 4.74. The number of aryl methyl sites for hydroxylation is 1. The number of aromatic nitrogens is 5. The molecule has 0 radical (unpaired) electrons. The van der Waals surface area contributed by atoms with Crippen LogP contribution in [0.25, 0.3) is 5.69 Å². The molecule has 3 N–H and O–H groups in total. The smallest absolute Gasteiger partial charge is 0.150 e. The summed E-state index contributed by atoms with van der Waals surface area (Å²) in [6.07, 6.45) is 4.83. The number of nitrogens with zero attached hydrogens (tertiary/aromatic N) is 6. The number of nitrogens with one attached hydrogen (secondary N) is 1. The second-order valence-corrected chi connectivity index (χ2v) is 5.36. The van der Waals surface area contributed by atoms with Gasteiger partial charge in [0, 0.05) is 5.30 Å². The zero-order valence-electron chi connectivity index (χ0n) is 12.2. The van der Waals surface area contributed by atoms with Gasteiger partial charge in [0.2, 0.25) is 0 Å². The normalized spacial score (nSPS) is 10.3. The minimum atomic E-state index is 0.338. The summed E-state index contributed by atoms with van der Waals surface area (Å²) in [5, 5.41) is 21.2. The van der Waals surface area contributed by atoms with Gasteiger partial charge in [0.15, 0.2) is 5.82 Å². The van der Waals surface area contributed by atoms with Crippen LogP contribution in [0.1, 0.15) is 11.3 Å². The van der Waals surface area contributed by atoms with Gasteiger partial charge in [-0.3, -0.25) is 4.98 Å². The highest BCUT2D eigenvalue weighted by Gasteiger charge is 2.10. The third kappa shape index (κ3) is 2.96. The maximum Gasteiger partial charge on any atom is 0.150 e. The fraction of sp³-hybridized carbons (Fsp3) is 0.0714. The molecule has 1 unspecified atom stereocenters. The van der Waals surface area contributed by atoms with Crippen LogP contribution < -0.4 is 16.4 Å². The SMILES string of the molecule is Cc1ncc(Nc2nc(N)c(P)cc2C#N)cc1-n1nccn1. The van der Waals surface area contributed by atoms with E-state index < -0.39 is 0 Å². The molecule has 0 bridgehead atoms. The van der Waals surface area contributed by atoms with Crippen molar-refractivity contribution >= 4 is 31.9 Å². The molecule has 0 aromatic carbocycles. The fourth-order valence-corrected chi connectivity index (χ4v) is 2.22. The summed E-state index contributed by atoms with van der Waals surface area (Å²) in [7, 11) is 2.45. The highest BCUT2D eigenvalue weighted by atomic mass is 31.0. The molecule has 3 aromatic rings. The van der Waals surface area contributed by atoms with Crippen molar-refractivity contribution in [2.75, 3.05) is 11.1 Å². The van der Waals surface area contributed by atoms with Gasteiger partial charge < -0.3 is 11.1 Å². The lowest BCUT2D eigenvalue weighted by Crippen LogP contribution is -2.10. The Morgan fingerprint density at radius 2 is 2.04 bits per heavy atom. The Bertz CT molecular complexity index is 898. The number of hydrogen-bond donors (Lipinski definition) is 2.